The summed E-state index contributed by atoms with van der Waals surface area (Å²) in [5.41, 5.74) is 0.795. The van der Waals surface area contributed by atoms with Crippen LogP contribution in [0.1, 0.15) is 40.0 Å². The summed E-state index contributed by atoms with van der Waals surface area (Å²) in [5.74, 6) is -1.92. The fourth-order valence-corrected chi connectivity index (χ4v) is 4.46. The van der Waals surface area contributed by atoms with Gasteiger partial charge in [0.05, 0.1) is 23.1 Å². The van der Waals surface area contributed by atoms with Gasteiger partial charge in [-0.2, -0.15) is 0 Å². The Balaban J connectivity index is 1.76. The highest BCUT2D eigenvalue weighted by Gasteiger charge is 2.57. The zero-order valence-electron chi connectivity index (χ0n) is 11.4. The summed E-state index contributed by atoms with van der Waals surface area (Å²) in [6, 6.07) is 6.25. The quantitative estimate of drug-likeness (QED) is 0.840. The van der Waals surface area contributed by atoms with Gasteiger partial charge in [0, 0.05) is 0 Å². The van der Waals surface area contributed by atoms with Gasteiger partial charge in [0.2, 0.25) is 0 Å². The summed E-state index contributed by atoms with van der Waals surface area (Å²) in [5, 5.41) is 9.51. The molecule has 2 amide bonds. The molecule has 1 N–H and O–H groups in total. The van der Waals surface area contributed by atoms with Gasteiger partial charge in [-0.05, 0) is 43.2 Å². The monoisotopic (exact) mass is 285 g/mol. The van der Waals surface area contributed by atoms with E-state index in [1.807, 2.05) is 0 Å². The maximum Gasteiger partial charge on any atom is 0.308 e. The second kappa shape index (κ2) is 4.16. The summed E-state index contributed by atoms with van der Waals surface area (Å²) in [6.45, 7) is 0. The number of carbonyl (C=O) groups is 3. The predicted octanol–water partition coefficient (Wildman–Crippen LogP) is 1.78. The van der Waals surface area contributed by atoms with Crippen LogP contribution in [0.5, 0.6) is 0 Å². The first-order valence-corrected chi connectivity index (χ1v) is 7.29. The van der Waals surface area contributed by atoms with Crippen molar-refractivity contribution in [2.24, 2.45) is 17.8 Å². The van der Waals surface area contributed by atoms with Crippen LogP contribution in [-0.4, -0.2) is 33.8 Å². The second-order valence-corrected chi connectivity index (χ2v) is 6.21. The molecule has 1 aliphatic heterocycles. The van der Waals surface area contributed by atoms with Crippen molar-refractivity contribution in [3.63, 3.8) is 0 Å². The average molecular weight is 285 g/mol. The predicted molar refractivity (Wildman–Crippen MR) is 72.7 cm³/mol. The number of hydrogen-bond acceptors (Lipinski definition) is 3. The minimum absolute atomic E-state index is 0.0989. The number of aliphatic carboxylic acids is 1. The summed E-state index contributed by atoms with van der Waals surface area (Å²) < 4.78 is 0. The van der Waals surface area contributed by atoms with Crippen LogP contribution in [0.25, 0.3) is 0 Å². The average Bonchev–Trinajstić information content (AvgIpc) is 3.13. The zero-order valence-corrected chi connectivity index (χ0v) is 11.4. The van der Waals surface area contributed by atoms with Gasteiger partial charge in [-0.3, -0.25) is 19.3 Å². The molecular formula is C16H15NO4. The third-order valence-electron chi connectivity index (χ3n) is 5.28. The van der Waals surface area contributed by atoms with Crippen molar-refractivity contribution in [3.8, 4) is 0 Å². The summed E-state index contributed by atoms with van der Waals surface area (Å²) in [4.78, 5) is 37.9. The van der Waals surface area contributed by atoms with Crippen molar-refractivity contribution in [1.29, 1.82) is 0 Å². The van der Waals surface area contributed by atoms with Crippen LogP contribution in [0.3, 0.4) is 0 Å². The van der Waals surface area contributed by atoms with E-state index in [1.54, 1.807) is 24.3 Å². The van der Waals surface area contributed by atoms with Crippen molar-refractivity contribution in [2.45, 2.75) is 25.3 Å². The van der Waals surface area contributed by atoms with Gasteiger partial charge in [-0.1, -0.05) is 12.1 Å². The Hall–Kier alpha value is -2.17. The lowest BCUT2D eigenvalue weighted by Gasteiger charge is -2.34. The molecule has 2 fully saturated rings. The van der Waals surface area contributed by atoms with Gasteiger partial charge in [0.1, 0.15) is 0 Å². The van der Waals surface area contributed by atoms with E-state index in [1.165, 1.54) is 4.90 Å². The fraction of sp³-hybridized carbons (Fsp3) is 0.438. The Bertz CT molecular complexity index is 633. The first-order chi connectivity index (χ1) is 10.1. The van der Waals surface area contributed by atoms with Crippen LogP contribution in [0.15, 0.2) is 24.3 Å². The minimum atomic E-state index is -0.885. The lowest BCUT2D eigenvalue weighted by molar-refractivity contribution is -0.145. The van der Waals surface area contributed by atoms with Gasteiger partial charge >= 0.3 is 5.97 Å². The molecule has 0 saturated heterocycles. The largest absolute Gasteiger partial charge is 0.481 e. The Kier molecular flexibility index (Phi) is 2.49. The molecule has 4 unspecified atom stereocenters. The van der Waals surface area contributed by atoms with E-state index in [2.05, 4.69) is 0 Å². The maximum absolute atomic E-state index is 12.6. The normalized spacial score (nSPS) is 33.6. The highest BCUT2D eigenvalue weighted by atomic mass is 16.4. The lowest BCUT2D eigenvalue weighted by atomic mass is 9.83. The number of fused-ring (bicyclic) bond motifs is 3. The van der Waals surface area contributed by atoms with Crippen LogP contribution in [0.4, 0.5) is 0 Å². The molecule has 1 aromatic carbocycles. The summed E-state index contributed by atoms with van der Waals surface area (Å²) in [7, 11) is 0. The number of rotatable bonds is 2. The van der Waals surface area contributed by atoms with E-state index in [9.17, 15) is 19.5 Å². The molecule has 1 heterocycles. The van der Waals surface area contributed by atoms with Crippen LogP contribution < -0.4 is 0 Å². The number of imide groups is 1. The lowest BCUT2D eigenvalue weighted by Crippen LogP contribution is -2.49. The second-order valence-electron chi connectivity index (χ2n) is 6.21. The molecule has 2 bridgehead atoms. The smallest absolute Gasteiger partial charge is 0.308 e. The molecule has 3 aliphatic rings. The van der Waals surface area contributed by atoms with Crippen LogP contribution in [0, 0.1) is 17.8 Å². The van der Waals surface area contributed by atoms with E-state index < -0.39 is 17.9 Å². The Morgan fingerprint density at radius 1 is 1.05 bits per heavy atom. The van der Waals surface area contributed by atoms with Crippen LogP contribution in [0.2, 0.25) is 0 Å². The molecule has 4 rings (SSSR count). The Morgan fingerprint density at radius 3 is 2.19 bits per heavy atom. The Labute approximate surface area is 121 Å². The summed E-state index contributed by atoms with van der Waals surface area (Å²) >= 11 is 0. The molecule has 21 heavy (non-hydrogen) atoms. The van der Waals surface area contributed by atoms with Gasteiger partial charge in [0.25, 0.3) is 11.8 Å². The molecule has 108 valence electrons. The van der Waals surface area contributed by atoms with E-state index >= 15 is 0 Å². The minimum Gasteiger partial charge on any atom is -0.481 e. The highest BCUT2D eigenvalue weighted by molar-refractivity contribution is 6.21. The van der Waals surface area contributed by atoms with Crippen molar-refractivity contribution < 1.29 is 19.5 Å². The van der Waals surface area contributed by atoms with Crippen LogP contribution in [-0.2, 0) is 4.79 Å². The standard InChI is InChI=1S/C16H15NO4/c18-14-10-3-1-2-4-11(10)15(19)17(14)13-9-6-5-8(7-9)12(13)16(20)21/h1-4,8-9,12-13H,5-7H2,(H,20,21). The van der Waals surface area contributed by atoms with E-state index in [-0.39, 0.29) is 23.7 Å². The van der Waals surface area contributed by atoms with E-state index in [0.717, 1.165) is 19.3 Å². The van der Waals surface area contributed by atoms with Gasteiger partial charge < -0.3 is 5.11 Å². The van der Waals surface area contributed by atoms with Crippen molar-refractivity contribution in [1.82, 2.24) is 4.90 Å². The Morgan fingerprint density at radius 2 is 1.62 bits per heavy atom. The van der Waals surface area contributed by atoms with Gasteiger partial charge in [-0.15, -0.1) is 0 Å². The van der Waals surface area contributed by atoms with Crippen molar-refractivity contribution in [2.75, 3.05) is 0 Å². The molecule has 5 nitrogen and oxygen atoms in total. The molecule has 0 aromatic heterocycles. The number of carboxylic acid groups (broad SMARTS) is 1. The molecule has 1 aromatic rings. The maximum atomic E-state index is 12.6. The molecule has 0 spiro atoms. The first-order valence-electron chi connectivity index (χ1n) is 7.29. The number of carboxylic acids is 1. The first kappa shape index (κ1) is 12.6. The highest BCUT2D eigenvalue weighted by Crippen LogP contribution is 2.51. The van der Waals surface area contributed by atoms with Crippen molar-refractivity contribution >= 4 is 17.8 Å². The molecule has 5 heteroatoms. The zero-order chi connectivity index (χ0) is 14.7. The van der Waals surface area contributed by atoms with Gasteiger partial charge in [0.15, 0.2) is 0 Å². The van der Waals surface area contributed by atoms with E-state index in [4.69, 9.17) is 0 Å². The number of carbonyl (C=O) groups excluding carboxylic acids is 2. The SMILES string of the molecule is O=C(O)C1C2CCC(C2)C1N1C(=O)c2ccccc2C1=O. The van der Waals surface area contributed by atoms with Gasteiger partial charge in [-0.25, -0.2) is 0 Å². The molecule has 4 atom stereocenters. The van der Waals surface area contributed by atoms with Crippen LogP contribution >= 0.6 is 0 Å². The number of benzene rings is 1. The number of amides is 2. The summed E-state index contributed by atoms with van der Waals surface area (Å²) in [6.07, 6.45) is 2.61. The molecule has 2 aliphatic carbocycles. The van der Waals surface area contributed by atoms with Crippen molar-refractivity contribution in [3.05, 3.63) is 35.4 Å². The topological polar surface area (TPSA) is 74.7 Å². The third-order valence-corrected chi connectivity index (χ3v) is 5.28. The number of nitrogens with zero attached hydrogens (tertiary/aromatic N) is 1. The third kappa shape index (κ3) is 1.54. The van der Waals surface area contributed by atoms with E-state index in [0.29, 0.717) is 11.1 Å². The molecular weight excluding hydrogens is 270 g/mol. The molecule has 2 saturated carbocycles. The molecule has 0 radical (unpaired) electrons. The number of hydrogen-bond donors (Lipinski definition) is 1. The fourth-order valence-electron chi connectivity index (χ4n) is 4.46.